The maximum atomic E-state index is 8.93. The van der Waals surface area contributed by atoms with Crippen LogP contribution in [-0.4, -0.2) is 47.8 Å². The molecule has 0 spiro atoms. The van der Waals surface area contributed by atoms with Gasteiger partial charge in [0.2, 0.25) is 0 Å². The fraction of sp³-hybridized carbons (Fsp3) is 0. The molecule has 0 radical (unpaired) electrons. The second kappa shape index (κ2) is 22.9. The summed E-state index contributed by atoms with van der Waals surface area (Å²) in [6.07, 6.45) is 0. The first-order valence-electron chi connectivity index (χ1n) is 4.27. The summed E-state index contributed by atoms with van der Waals surface area (Å²) in [7, 11) is 0. The predicted molar refractivity (Wildman–Crippen MR) is 40.1 cm³/mol. The monoisotopic (exact) mass is 828 g/mol. The number of aliphatic carboxylic acids is 8. The Balaban J connectivity index is -0.0000000500. The van der Waals surface area contributed by atoms with Crippen LogP contribution in [0.25, 0.3) is 0 Å². The van der Waals surface area contributed by atoms with E-state index in [1.165, 1.54) is 0 Å². The van der Waals surface area contributed by atoms with Crippen molar-refractivity contribution in [2.75, 3.05) is 0 Å². The molecule has 0 unspecified atom stereocenters. The molecule has 0 N–H and O–H groups in total. The Morgan fingerprint density at radius 1 is 0.269 bits per heavy atom. The van der Waals surface area contributed by atoms with Gasteiger partial charge in [0.1, 0.15) is 0 Å². The van der Waals surface area contributed by atoms with Crippen molar-refractivity contribution in [2.24, 2.45) is 0 Å². The van der Waals surface area contributed by atoms with Gasteiger partial charge in [-0.05, 0) is 0 Å². The maximum absolute atomic E-state index is 8.93. The van der Waals surface area contributed by atoms with Gasteiger partial charge in [-0.15, -0.1) is 0 Å². The Morgan fingerprint density at radius 2 is 0.308 bits per heavy atom. The fourth-order valence-corrected chi connectivity index (χ4v) is 0. The van der Waals surface area contributed by atoms with Gasteiger partial charge in [-0.1, -0.05) is 0 Å². The summed E-state index contributed by atoms with van der Waals surface area (Å²) in [5.74, 6) is -17.5. The molecule has 0 aromatic carbocycles. The van der Waals surface area contributed by atoms with Crippen LogP contribution in [-0.2, 0) is 38.4 Å². The van der Waals surface area contributed by atoms with Crippen LogP contribution in [0.3, 0.4) is 0 Å². The van der Waals surface area contributed by atoms with Gasteiger partial charge in [0.05, 0.1) is 47.8 Å². The van der Waals surface area contributed by atoms with Crippen LogP contribution in [0.1, 0.15) is 0 Å². The van der Waals surface area contributed by atoms with Gasteiger partial charge in [-0.25, -0.2) is 0 Å². The zero-order valence-corrected chi connectivity index (χ0v) is 19.9. The normalized spacial score (nSPS) is 6.77. The zero-order chi connectivity index (χ0) is 20.6. The van der Waals surface area contributed by atoms with Crippen molar-refractivity contribution in [3.8, 4) is 0 Å². The summed E-state index contributed by atoms with van der Waals surface area (Å²) in [4.78, 5) is 71.4. The Labute approximate surface area is 188 Å². The van der Waals surface area contributed by atoms with Gasteiger partial charge in [0, 0.05) is 0 Å². The Kier molecular flexibility index (Phi) is 34.4. The van der Waals surface area contributed by atoms with Crippen molar-refractivity contribution in [2.45, 2.75) is 0 Å². The first kappa shape index (κ1) is 39.1. The fourth-order valence-electron chi connectivity index (χ4n) is 0. The third-order valence-corrected chi connectivity index (χ3v) is 0.667. The van der Waals surface area contributed by atoms with Crippen molar-refractivity contribution in [1.82, 2.24) is 0 Å². The van der Waals surface area contributed by atoms with Gasteiger partial charge < -0.3 is 79.2 Å². The molecule has 18 heteroatoms. The molecule has 0 amide bonds. The molecular weight excluding hydrogens is 828 g/mol. The third kappa shape index (κ3) is 49.5. The van der Waals surface area contributed by atoms with Gasteiger partial charge in [0.15, 0.2) is 0 Å². The molecule has 0 rings (SSSR count). The maximum Gasteiger partial charge on any atom is 4.00 e. The molecule has 16 nitrogen and oxygen atoms in total. The SMILES string of the molecule is O=C([O-])C(=O)[O-].O=C([O-])C(=O)[O-].O=C([O-])C(=O)[O-].O=C([O-])C(=O)[O-].[U+4].[U+4]. The second-order valence-electron chi connectivity index (χ2n) is 2.30. The first-order chi connectivity index (χ1) is 10.6. The van der Waals surface area contributed by atoms with E-state index in [-0.39, 0.29) is 62.2 Å². The Bertz CT molecular complexity index is 392. The van der Waals surface area contributed by atoms with Crippen LogP contribution >= 0.6 is 0 Å². The number of carboxylic acid groups (broad SMARTS) is 8. The quantitative estimate of drug-likeness (QED) is 0.205. The molecule has 0 aliphatic rings. The molecule has 0 aromatic heterocycles. The van der Waals surface area contributed by atoms with Gasteiger partial charge >= 0.3 is 62.2 Å². The molecule has 0 bridgehead atoms. The van der Waals surface area contributed by atoms with E-state index in [1.807, 2.05) is 0 Å². The van der Waals surface area contributed by atoms with Crippen LogP contribution in [0.15, 0.2) is 0 Å². The minimum atomic E-state index is -2.19. The molecular formula is C8O16U2. The van der Waals surface area contributed by atoms with Crippen molar-refractivity contribution < 1.29 is 141 Å². The van der Waals surface area contributed by atoms with E-state index < -0.39 is 47.8 Å². The molecule has 0 heterocycles. The zero-order valence-electron chi connectivity index (χ0n) is 11.5. The van der Waals surface area contributed by atoms with E-state index in [0.29, 0.717) is 0 Å². The number of carbonyl (C=O) groups is 8. The molecule has 0 saturated carbocycles. The van der Waals surface area contributed by atoms with E-state index in [1.54, 1.807) is 0 Å². The second-order valence-corrected chi connectivity index (χ2v) is 2.30. The van der Waals surface area contributed by atoms with Crippen molar-refractivity contribution in [3.05, 3.63) is 0 Å². The van der Waals surface area contributed by atoms with E-state index in [9.17, 15) is 0 Å². The summed E-state index contributed by atoms with van der Waals surface area (Å²) in [5.41, 5.74) is 0. The average Bonchev–Trinajstić information content (AvgIpc) is 2.40. The molecule has 136 valence electrons. The van der Waals surface area contributed by atoms with E-state index >= 15 is 0 Å². The van der Waals surface area contributed by atoms with Crippen LogP contribution in [0.2, 0.25) is 0 Å². The number of hydrogen-bond acceptors (Lipinski definition) is 16. The molecule has 26 heavy (non-hydrogen) atoms. The smallest absolute Gasteiger partial charge is 0.543 e. The molecule has 0 aromatic rings. The average molecular weight is 828 g/mol. The van der Waals surface area contributed by atoms with Crippen LogP contribution in [0, 0.1) is 62.2 Å². The predicted octanol–water partition coefficient (Wildman–Crippen LogP) is -14.1. The molecule has 0 saturated heterocycles. The number of hydrogen-bond donors (Lipinski definition) is 0. The van der Waals surface area contributed by atoms with E-state index in [4.69, 9.17) is 79.2 Å². The molecule has 0 atom stereocenters. The molecule has 0 aliphatic heterocycles. The Hall–Kier alpha value is -2.14. The molecule has 0 fully saturated rings. The van der Waals surface area contributed by atoms with Gasteiger partial charge in [-0.3, -0.25) is 0 Å². The number of carbonyl (C=O) groups excluding carboxylic acids is 8. The number of rotatable bonds is 0. The van der Waals surface area contributed by atoms with Crippen molar-refractivity contribution >= 4 is 47.8 Å². The van der Waals surface area contributed by atoms with Crippen LogP contribution in [0.4, 0.5) is 0 Å². The largest absolute Gasteiger partial charge is 4.00 e. The van der Waals surface area contributed by atoms with Gasteiger partial charge in [-0.2, -0.15) is 0 Å². The van der Waals surface area contributed by atoms with E-state index in [0.717, 1.165) is 0 Å². The summed E-state index contributed by atoms with van der Waals surface area (Å²) in [6, 6.07) is 0. The van der Waals surface area contributed by atoms with Crippen LogP contribution < -0.4 is 40.9 Å². The minimum absolute atomic E-state index is 0. The first-order valence-corrected chi connectivity index (χ1v) is 4.27. The van der Waals surface area contributed by atoms with Gasteiger partial charge in [0.25, 0.3) is 0 Å². The van der Waals surface area contributed by atoms with Crippen molar-refractivity contribution in [1.29, 1.82) is 0 Å². The standard InChI is InChI=1S/4C2H2O4.2U/c4*3-1(4)2(5)6;;/h4*(H,3,4)(H,5,6);;/q;;;;2*+4/p-8. The molecule has 0 aliphatic carbocycles. The summed E-state index contributed by atoms with van der Waals surface area (Å²) in [6.45, 7) is 0. The third-order valence-electron chi connectivity index (χ3n) is 0.667. The van der Waals surface area contributed by atoms with E-state index in [2.05, 4.69) is 0 Å². The Morgan fingerprint density at radius 3 is 0.308 bits per heavy atom. The van der Waals surface area contributed by atoms with Crippen molar-refractivity contribution in [3.63, 3.8) is 0 Å². The summed E-state index contributed by atoms with van der Waals surface area (Å²) >= 11 is 0. The summed E-state index contributed by atoms with van der Waals surface area (Å²) < 4.78 is 0. The summed E-state index contributed by atoms with van der Waals surface area (Å²) in [5, 5.41) is 71.4. The van der Waals surface area contributed by atoms with Crippen LogP contribution in [0.5, 0.6) is 0 Å². The topological polar surface area (TPSA) is 321 Å². The number of carboxylic acids is 8. The minimum Gasteiger partial charge on any atom is -0.543 e.